The number of primary amides is 1. The first-order chi connectivity index (χ1) is 7.52. The zero-order valence-corrected chi connectivity index (χ0v) is 10.4. The normalized spacial score (nSPS) is 11.6. The van der Waals surface area contributed by atoms with Crippen LogP contribution in [0.2, 0.25) is 0 Å². The maximum absolute atomic E-state index is 10.7. The van der Waals surface area contributed by atoms with Crippen molar-refractivity contribution in [2.45, 2.75) is 19.4 Å². The highest BCUT2D eigenvalue weighted by Gasteiger charge is 2.08. The number of rotatable bonds is 4. The number of carbonyl (C=O) groups is 1. The summed E-state index contributed by atoms with van der Waals surface area (Å²) in [6, 6.07) is 7.23. The first-order valence-electron chi connectivity index (χ1n) is 4.77. The van der Waals surface area contributed by atoms with E-state index in [-0.39, 0.29) is 18.4 Å². The van der Waals surface area contributed by atoms with Crippen LogP contribution in [0.4, 0.5) is 5.69 Å². The van der Waals surface area contributed by atoms with Crippen LogP contribution in [0.3, 0.4) is 0 Å². The molecule has 0 aliphatic heterocycles. The van der Waals surface area contributed by atoms with Crippen molar-refractivity contribution in [3.63, 3.8) is 0 Å². The summed E-state index contributed by atoms with van der Waals surface area (Å²) in [6.07, 6.45) is 0.270. The summed E-state index contributed by atoms with van der Waals surface area (Å²) in [5.41, 5.74) is 6.52. The molecule has 0 saturated carbocycles. The van der Waals surface area contributed by atoms with E-state index in [4.69, 9.17) is 11.0 Å². The first kappa shape index (κ1) is 12.5. The van der Waals surface area contributed by atoms with Crippen LogP contribution in [-0.4, -0.2) is 11.9 Å². The molecule has 0 heterocycles. The van der Waals surface area contributed by atoms with Crippen molar-refractivity contribution in [3.05, 3.63) is 28.2 Å². The average molecular weight is 282 g/mol. The van der Waals surface area contributed by atoms with Gasteiger partial charge in [0.25, 0.3) is 0 Å². The van der Waals surface area contributed by atoms with E-state index in [1.54, 1.807) is 18.2 Å². The molecule has 0 aromatic heterocycles. The lowest BCUT2D eigenvalue weighted by atomic mass is 10.2. The van der Waals surface area contributed by atoms with Gasteiger partial charge in [0.05, 0.1) is 11.6 Å². The molecular formula is C11H12BrN3O. The number of carbonyl (C=O) groups excluding carboxylic acids is 1. The second kappa shape index (κ2) is 5.52. The molecule has 5 heteroatoms. The maximum atomic E-state index is 10.7. The number of nitrogens with zero attached hydrogens (tertiary/aromatic N) is 1. The van der Waals surface area contributed by atoms with Crippen molar-refractivity contribution in [3.8, 4) is 6.07 Å². The number of hydrogen-bond acceptors (Lipinski definition) is 3. The molecule has 1 rings (SSSR count). The standard InChI is InChI=1S/C11H12BrN3O/c1-7(4-11(14)16)15-10-3-2-8(6-13)5-9(10)12/h2-3,5,7,15H,4H2,1H3,(H2,14,16). The summed E-state index contributed by atoms with van der Waals surface area (Å²) in [5, 5.41) is 11.8. The van der Waals surface area contributed by atoms with Gasteiger partial charge in [-0.05, 0) is 41.1 Å². The van der Waals surface area contributed by atoms with E-state index in [1.165, 1.54) is 0 Å². The van der Waals surface area contributed by atoms with E-state index >= 15 is 0 Å². The minimum Gasteiger partial charge on any atom is -0.381 e. The summed E-state index contributed by atoms with van der Waals surface area (Å²) in [5.74, 6) is -0.343. The Morgan fingerprint density at radius 1 is 1.69 bits per heavy atom. The zero-order chi connectivity index (χ0) is 12.1. The Morgan fingerprint density at radius 3 is 2.88 bits per heavy atom. The number of benzene rings is 1. The van der Waals surface area contributed by atoms with Crippen LogP contribution in [-0.2, 0) is 4.79 Å². The number of nitrogens with one attached hydrogen (secondary N) is 1. The van der Waals surface area contributed by atoms with Crippen molar-refractivity contribution in [2.24, 2.45) is 5.73 Å². The Kier molecular flexibility index (Phi) is 4.32. The summed E-state index contributed by atoms with van der Waals surface area (Å²) in [6.45, 7) is 1.87. The van der Waals surface area contributed by atoms with Gasteiger partial charge in [0, 0.05) is 22.6 Å². The monoisotopic (exact) mass is 281 g/mol. The van der Waals surface area contributed by atoms with Crippen molar-refractivity contribution < 1.29 is 4.79 Å². The van der Waals surface area contributed by atoms with E-state index in [0.717, 1.165) is 10.2 Å². The van der Waals surface area contributed by atoms with Crippen molar-refractivity contribution in [1.82, 2.24) is 0 Å². The molecule has 1 atom stereocenters. The SMILES string of the molecule is CC(CC(N)=O)Nc1ccc(C#N)cc1Br. The molecule has 1 aromatic rings. The number of nitrogens with two attached hydrogens (primary N) is 1. The zero-order valence-electron chi connectivity index (χ0n) is 8.83. The predicted octanol–water partition coefficient (Wildman–Crippen LogP) is 2.00. The van der Waals surface area contributed by atoms with Crippen LogP contribution in [0.5, 0.6) is 0 Å². The molecule has 1 aromatic carbocycles. The van der Waals surface area contributed by atoms with Gasteiger partial charge in [-0.25, -0.2) is 0 Å². The second-order valence-corrected chi connectivity index (χ2v) is 4.38. The topological polar surface area (TPSA) is 78.9 Å². The summed E-state index contributed by atoms with van der Waals surface area (Å²) >= 11 is 3.35. The van der Waals surface area contributed by atoms with Crippen LogP contribution >= 0.6 is 15.9 Å². The minimum absolute atomic E-state index is 0.0401. The smallest absolute Gasteiger partial charge is 0.219 e. The Labute approximate surface area is 103 Å². The fourth-order valence-electron chi connectivity index (χ4n) is 1.32. The summed E-state index contributed by atoms with van der Waals surface area (Å²) in [4.78, 5) is 10.7. The number of amides is 1. The fraction of sp³-hybridized carbons (Fsp3) is 0.273. The lowest BCUT2D eigenvalue weighted by molar-refractivity contribution is -0.118. The summed E-state index contributed by atoms with van der Waals surface area (Å²) < 4.78 is 0.794. The van der Waals surface area contributed by atoms with E-state index < -0.39 is 0 Å². The fourth-order valence-corrected chi connectivity index (χ4v) is 1.81. The maximum Gasteiger partial charge on any atom is 0.219 e. The highest BCUT2D eigenvalue weighted by molar-refractivity contribution is 9.10. The first-order valence-corrected chi connectivity index (χ1v) is 5.56. The summed E-state index contributed by atoms with van der Waals surface area (Å²) in [7, 11) is 0. The van der Waals surface area contributed by atoms with Gasteiger partial charge in [0.2, 0.25) is 5.91 Å². The predicted molar refractivity (Wildman–Crippen MR) is 65.8 cm³/mol. The van der Waals surface area contributed by atoms with Gasteiger partial charge in [0.1, 0.15) is 0 Å². The van der Waals surface area contributed by atoms with Crippen LogP contribution in [0.15, 0.2) is 22.7 Å². The molecule has 4 nitrogen and oxygen atoms in total. The van der Waals surface area contributed by atoms with Gasteiger partial charge in [0.15, 0.2) is 0 Å². The van der Waals surface area contributed by atoms with E-state index in [1.807, 2.05) is 13.0 Å². The van der Waals surface area contributed by atoms with Crippen LogP contribution in [0.1, 0.15) is 18.9 Å². The molecule has 0 spiro atoms. The average Bonchev–Trinajstić information content (AvgIpc) is 2.19. The van der Waals surface area contributed by atoms with E-state index in [2.05, 4.69) is 21.2 Å². The molecule has 0 fully saturated rings. The van der Waals surface area contributed by atoms with Gasteiger partial charge in [-0.1, -0.05) is 0 Å². The largest absolute Gasteiger partial charge is 0.381 e. The highest BCUT2D eigenvalue weighted by atomic mass is 79.9. The molecule has 84 valence electrons. The minimum atomic E-state index is -0.343. The molecule has 0 saturated heterocycles. The number of nitriles is 1. The van der Waals surface area contributed by atoms with Crippen molar-refractivity contribution in [2.75, 3.05) is 5.32 Å². The van der Waals surface area contributed by atoms with E-state index in [0.29, 0.717) is 5.56 Å². The second-order valence-electron chi connectivity index (χ2n) is 3.52. The molecule has 0 aliphatic rings. The van der Waals surface area contributed by atoms with Crippen molar-refractivity contribution in [1.29, 1.82) is 5.26 Å². The lowest BCUT2D eigenvalue weighted by Crippen LogP contribution is -2.24. The molecule has 0 radical (unpaired) electrons. The van der Waals surface area contributed by atoms with Gasteiger partial charge in [-0.3, -0.25) is 4.79 Å². The number of halogens is 1. The molecule has 1 unspecified atom stereocenters. The molecule has 16 heavy (non-hydrogen) atoms. The number of anilines is 1. The quantitative estimate of drug-likeness (QED) is 0.886. The van der Waals surface area contributed by atoms with Gasteiger partial charge < -0.3 is 11.1 Å². The van der Waals surface area contributed by atoms with Gasteiger partial charge in [-0.2, -0.15) is 5.26 Å². The van der Waals surface area contributed by atoms with Gasteiger partial charge >= 0.3 is 0 Å². The molecule has 3 N–H and O–H groups in total. The molecule has 0 aliphatic carbocycles. The van der Waals surface area contributed by atoms with Crippen LogP contribution in [0.25, 0.3) is 0 Å². The highest BCUT2D eigenvalue weighted by Crippen LogP contribution is 2.24. The third kappa shape index (κ3) is 3.55. The molecule has 0 bridgehead atoms. The Balaban J connectivity index is 2.75. The Bertz CT molecular complexity index is 439. The van der Waals surface area contributed by atoms with Gasteiger partial charge in [-0.15, -0.1) is 0 Å². The third-order valence-corrected chi connectivity index (χ3v) is 2.66. The Hall–Kier alpha value is -1.54. The van der Waals surface area contributed by atoms with Crippen LogP contribution in [0, 0.1) is 11.3 Å². The van der Waals surface area contributed by atoms with E-state index in [9.17, 15) is 4.79 Å². The third-order valence-electron chi connectivity index (χ3n) is 2.01. The molecule has 1 amide bonds. The Morgan fingerprint density at radius 2 is 2.38 bits per heavy atom. The van der Waals surface area contributed by atoms with Crippen molar-refractivity contribution >= 4 is 27.5 Å². The number of hydrogen-bond donors (Lipinski definition) is 2. The van der Waals surface area contributed by atoms with Crippen LogP contribution < -0.4 is 11.1 Å². The molecular weight excluding hydrogens is 270 g/mol. The lowest BCUT2D eigenvalue weighted by Gasteiger charge is -2.14.